The number of unbranched alkanes of at least 4 members (excludes halogenated alkanes) is 1. The lowest BCUT2D eigenvalue weighted by Gasteiger charge is -2.05. The van der Waals surface area contributed by atoms with Gasteiger partial charge in [-0.2, -0.15) is 0 Å². The van der Waals surface area contributed by atoms with Crippen LogP contribution in [-0.4, -0.2) is 20.2 Å². The molecule has 0 amide bonds. The molecule has 17 heavy (non-hydrogen) atoms. The van der Waals surface area contributed by atoms with E-state index in [9.17, 15) is 0 Å². The Balaban J connectivity index is 2.23. The minimum atomic E-state index is 0.712. The van der Waals surface area contributed by atoms with Crippen LogP contribution in [0.5, 0.6) is 0 Å². The first-order chi connectivity index (χ1) is 8.36. The van der Waals surface area contributed by atoms with Crippen LogP contribution < -0.4 is 5.32 Å². The maximum atomic E-state index is 5.58. The van der Waals surface area contributed by atoms with E-state index in [0.717, 1.165) is 32.4 Å². The second-order valence-electron chi connectivity index (χ2n) is 4.15. The zero-order valence-electron chi connectivity index (χ0n) is 10.7. The van der Waals surface area contributed by atoms with E-state index in [-0.39, 0.29) is 0 Å². The Hall–Kier alpha value is -1.12. The second kappa shape index (κ2) is 8.97. The maximum absolute atomic E-state index is 5.58. The highest BCUT2D eigenvalue weighted by atomic mass is 16.5. The van der Waals surface area contributed by atoms with Crippen molar-refractivity contribution in [3.63, 3.8) is 0 Å². The molecule has 94 valence electrons. The Morgan fingerprint density at radius 1 is 1.24 bits per heavy atom. The van der Waals surface area contributed by atoms with E-state index in [1.165, 1.54) is 11.1 Å². The minimum absolute atomic E-state index is 0.712. The molecule has 2 nitrogen and oxygen atoms in total. The van der Waals surface area contributed by atoms with Crippen molar-refractivity contribution in [3.8, 4) is 0 Å². The van der Waals surface area contributed by atoms with Gasteiger partial charge in [-0.15, -0.1) is 6.58 Å². The van der Waals surface area contributed by atoms with Gasteiger partial charge in [-0.1, -0.05) is 30.3 Å². The summed E-state index contributed by atoms with van der Waals surface area (Å²) in [7, 11) is 1.98. The molecule has 0 unspecified atom stereocenters. The molecule has 0 spiro atoms. The van der Waals surface area contributed by atoms with Crippen LogP contribution in [0.4, 0.5) is 0 Å². The van der Waals surface area contributed by atoms with E-state index in [0.29, 0.717) is 6.61 Å². The van der Waals surface area contributed by atoms with Gasteiger partial charge in [0.2, 0.25) is 0 Å². The maximum Gasteiger partial charge on any atom is 0.0716 e. The summed E-state index contributed by atoms with van der Waals surface area (Å²) >= 11 is 0. The van der Waals surface area contributed by atoms with Crippen LogP contribution >= 0.6 is 0 Å². The average molecular weight is 233 g/mol. The van der Waals surface area contributed by atoms with Crippen molar-refractivity contribution in [1.29, 1.82) is 0 Å². The van der Waals surface area contributed by atoms with Crippen LogP contribution in [0.2, 0.25) is 0 Å². The van der Waals surface area contributed by atoms with Crippen molar-refractivity contribution < 1.29 is 4.74 Å². The molecule has 0 aromatic heterocycles. The fourth-order valence-electron chi connectivity index (χ4n) is 1.59. The van der Waals surface area contributed by atoms with Crippen molar-refractivity contribution in [2.45, 2.75) is 25.9 Å². The SMILES string of the molecule is C=CCCCOCc1ccc(CCNC)cc1. The quantitative estimate of drug-likeness (QED) is 0.523. The molecule has 0 atom stereocenters. The van der Waals surface area contributed by atoms with Crippen LogP contribution in [0.3, 0.4) is 0 Å². The third-order valence-electron chi connectivity index (χ3n) is 2.65. The first-order valence-corrected chi connectivity index (χ1v) is 6.28. The van der Waals surface area contributed by atoms with E-state index < -0.39 is 0 Å². The van der Waals surface area contributed by atoms with Crippen molar-refractivity contribution >= 4 is 0 Å². The largest absolute Gasteiger partial charge is 0.377 e. The molecule has 0 heterocycles. The van der Waals surface area contributed by atoms with Crippen molar-refractivity contribution in [2.24, 2.45) is 0 Å². The molecule has 1 aromatic carbocycles. The molecule has 1 N–H and O–H groups in total. The highest BCUT2D eigenvalue weighted by Crippen LogP contribution is 2.06. The monoisotopic (exact) mass is 233 g/mol. The van der Waals surface area contributed by atoms with Crippen molar-refractivity contribution in [1.82, 2.24) is 5.32 Å². The Labute approximate surface area is 105 Å². The van der Waals surface area contributed by atoms with Crippen LogP contribution in [-0.2, 0) is 17.8 Å². The number of hydrogen-bond acceptors (Lipinski definition) is 2. The van der Waals surface area contributed by atoms with Gasteiger partial charge in [0.15, 0.2) is 0 Å². The lowest BCUT2D eigenvalue weighted by atomic mass is 10.1. The lowest BCUT2D eigenvalue weighted by molar-refractivity contribution is 0.119. The second-order valence-corrected chi connectivity index (χ2v) is 4.15. The molecule has 0 saturated heterocycles. The van der Waals surface area contributed by atoms with E-state index >= 15 is 0 Å². The molecular weight excluding hydrogens is 210 g/mol. The number of hydrogen-bond donors (Lipinski definition) is 1. The molecule has 1 rings (SSSR count). The highest BCUT2D eigenvalue weighted by molar-refractivity contribution is 5.22. The number of allylic oxidation sites excluding steroid dienone is 1. The lowest BCUT2D eigenvalue weighted by Crippen LogP contribution is -2.10. The Kier molecular flexibility index (Phi) is 7.35. The van der Waals surface area contributed by atoms with Gasteiger partial charge in [-0.05, 0) is 44.0 Å². The van der Waals surface area contributed by atoms with Gasteiger partial charge in [-0.3, -0.25) is 0 Å². The minimum Gasteiger partial charge on any atom is -0.377 e. The molecular formula is C15H23NO. The molecule has 0 radical (unpaired) electrons. The van der Waals surface area contributed by atoms with Gasteiger partial charge in [0, 0.05) is 6.61 Å². The highest BCUT2D eigenvalue weighted by Gasteiger charge is 1.95. The fraction of sp³-hybridized carbons (Fsp3) is 0.467. The predicted molar refractivity (Wildman–Crippen MR) is 73.2 cm³/mol. The Bertz CT molecular complexity index is 305. The van der Waals surface area contributed by atoms with Gasteiger partial charge >= 0.3 is 0 Å². The molecule has 0 aliphatic rings. The molecule has 0 bridgehead atoms. The summed E-state index contributed by atoms with van der Waals surface area (Å²) < 4.78 is 5.58. The van der Waals surface area contributed by atoms with Crippen LogP contribution in [0, 0.1) is 0 Å². The molecule has 0 aliphatic carbocycles. The summed E-state index contributed by atoms with van der Waals surface area (Å²) in [4.78, 5) is 0. The first-order valence-electron chi connectivity index (χ1n) is 6.28. The Morgan fingerprint density at radius 2 is 1.94 bits per heavy atom. The van der Waals surface area contributed by atoms with Gasteiger partial charge in [0.25, 0.3) is 0 Å². The smallest absolute Gasteiger partial charge is 0.0716 e. The number of benzene rings is 1. The number of ether oxygens (including phenoxy) is 1. The van der Waals surface area contributed by atoms with Gasteiger partial charge in [-0.25, -0.2) is 0 Å². The summed E-state index contributed by atoms with van der Waals surface area (Å²) in [6.45, 7) is 6.24. The van der Waals surface area contributed by atoms with Gasteiger partial charge in [0.05, 0.1) is 6.61 Å². The van der Waals surface area contributed by atoms with E-state index in [2.05, 4.69) is 36.2 Å². The predicted octanol–water partition coefficient (Wildman–Crippen LogP) is 2.93. The normalized spacial score (nSPS) is 10.4. The zero-order chi connectivity index (χ0) is 12.3. The van der Waals surface area contributed by atoms with E-state index in [4.69, 9.17) is 4.74 Å². The van der Waals surface area contributed by atoms with Gasteiger partial charge < -0.3 is 10.1 Å². The summed E-state index contributed by atoms with van der Waals surface area (Å²) in [6, 6.07) is 8.66. The van der Waals surface area contributed by atoms with E-state index in [1.54, 1.807) is 0 Å². The number of nitrogens with one attached hydrogen (secondary N) is 1. The summed E-state index contributed by atoms with van der Waals surface area (Å²) in [5.74, 6) is 0. The summed E-state index contributed by atoms with van der Waals surface area (Å²) in [5, 5.41) is 3.15. The fourth-order valence-corrected chi connectivity index (χ4v) is 1.59. The molecule has 0 saturated carbocycles. The number of likely N-dealkylation sites (N-methyl/N-ethyl adjacent to an activating group) is 1. The Morgan fingerprint density at radius 3 is 2.59 bits per heavy atom. The third-order valence-corrected chi connectivity index (χ3v) is 2.65. The summed E-state index contributed by atoms with van der Waals surface area (Å²) in [6.07, 6.45) is 5.10. The molecule has 1 aromatic rings. The standard InChI is InChI=1S/C15H23NO/c1-3-4-5-12-17-13-15-8-6-14(7-9-15)10-11-16-2/h3,6-9,16H,1,4-5,10-13H2,2H3. The molecule has 0 aliphatic heterocycles. The zero-order valence-corrected chi connectivity index (χ0v) is 10.7. The third kappa shape index (κ3) is 6.25. The van der Waals surface area contributed by atoms with Crippen LogP contribution in [0.25, 0.3) is 0 Å². The van der Waals surface area contributed by atoms with E-state index in [1.807, 2.05) is 13.1 Å². The first kappa shape index (κ1) is 13.9. The van der Waals surface area contributed by atoms with Crippen molar-refractivity contribution in [2.75, 3.05) is 20.2 Å². The topological polar surface area (TPSA) is 21.3 Å². The molecule has 2 heteroatoms. The van der Waals surface area contributed by atoms with Crippen LogP contribution in [0.1, 0.15) is 24.0 Å². The van der Waals surface area contributed by atoms with Crippen molar-refractivity contribution in [3.05, 3.63) is 48.0 Å². The summed E-state index contributed by atoms with van der Waals surface area (Å²) in [5.41, 5.74) is 2.62. The molecule has 0 fully saturated rings. The average Bonchev–Trinajstić information content (AvgIpc) is 2.37. The number of rotatable bonds is 9. The van der Waals surface area contributed by atoms with Gasteiger partial charge in [0.1, 0.15) is 0 Å². The van der Waals surface area contributed by atoms with Crippen LogP contribution in [0.15, 0.2) is 36.9 Å².